The van der Waals surface area contributed by atoms with E-state index in [2.05, 4.69) is 9.97 Å². The minimum absolute atomic E-state index is 0.00247. The summed E-state index contributed by atoms with van der Waals surface area (Å²) in [5.41, 5.74) is 0.247. The van der Waals surface area contributed by atoms with Crippen LogP contribution in [0.1, 0.15) is 35.1 Å². The van der Waals surface area contributed by atoms with E-state index in [4.69, 9.17) is 14.2 Å². The standard InChI is InChI=1S/C26H25N3O8/c1-18(30)23(17-19-4-2-5-21(16-19)29(33)34)26(32)37-14-3-13-36-25(31)20-6-8-22(9-7-20)35-15-10-24-27-11-12-28-24/h2,4-9,11-12,16-17H,3,10,13-15H2,1H3,(H,27,28). The Labute approximate surface area is 212 Å². The van der Waals surface area contributed by atoms with Crippen molar-refractivity contribution in [3.05, 3.63) is 93.6 Å². The maximum Gasteiger partial charge on any atom is 0.341 e. The fourth-order valence-electron chi connectivity index (χ4n) is 3.14. The van der Waals surface area contributed by atoms with E-state index >= 15 is 0 Å². The predicted molar refractivity (Wildman–Crippen MR) is 132 cm³/mol. The summed E-state index contributed by atoms with van der Waals surface area (Å²) < 4.78 is 15.9. The molecule has 11 nitrogen and oxygen atoms in total. The number of esters is 2. The van der Waals surface area contributed by atoms with E-state index in [1.165, 1.54) is 37.3 Å². The Morgan fingerprint density at radius 1 is 1.05 bits per heavy atom. The van der Waals surface area contributed by atoms with E-state index < -0.39 is 22.6 Å². The molecule has 3 aromatic rings. The summed E-state index contributed by atoms with van der Waals surface area (Å²) in [6.45, 7) is 1.54. The first-order chi connectivity index (χ1) is 17.8. The summed E-state index contributed by atoms with van der Waals surface area (Å²) in [6, 6.07) is 12.0. The van der Waals surface area contributed by atoms with Crippen molar-refractivity contribution in [3.63, 3.8) is 0 Å². The number of imidazole rings is 1. The molecular formula is C26H25N3O8. The van der Waals surface area contributed by atoms with Crippen LogP contribution >= 0.6 is 0 Å². The number of rotatable bonds is 13. The van der Waals surface area contributed by atoms with E-state index in [1.807, 2.05) is 0 Å². The zero-order chi connectivity index (χ0) is 26.6. The normalized spacial score (nSPS) is 11.0. The van der Waals surface area contributed by atoms with Crippen LogP contribution in [0.3, 0.4) is 0 Å². The number of aromatic nitrogens is 2. The topological polar surface area (TPSA) is 151 Å². The first-order valence-corrected chi connectivity index (χ1v) is 11.4. The van der Waals surface area contributed by atoms with Crippen LogP contribution in [0.15, 0.2) is 66.5 Å². The summed E-state index contributed by atoms with van der Waals surface area (Å²) >= 11 is 0. The SMILES string of the molecule is CC(=O)C(=Cc1cccc([N+](=O)[O-])c1)C(=O)OCCCOC(=O)c1ccc(OCCc2ncc[nH]2)cc1. The van der Waals surface area contributed by atoms with Gasteiger partial charge in [0.05, 0.1) is 30.3 Å². The van der Waals surface area contributed by atoms with Gasteiger partial charge in [0, 0.05) is 37.4 Å². The molecule has 0 atom stereocenters. The van der Waals surface area contributed by atoms with Crippen molar-refractivity contribution in [2.24, 2.45) is 0 Å². The predicted octanol–water partition coefficient (Wildman–Crippen LogP) is 3.70. The minimum Gasteiger partial charge on any atom is -0.493 e. The van der Waals surface area contributed by atoms with Crippen LogP contribution in [-0.2, 0) is 25.5 Å². The molecule has 3 rings (SSSR count). The van der Waals surface area contributed by atoms with Crippen molar-refractivity contribution in [1.82, 2.24) is 9.97 Å². The third kappa shape index (κ3) is 8.42. The summed E-state index contributed by atoms with van der Waals surface area (Å²) in [4.78, 5) is 53.9. The van der Waals surface area contributed by atoms with Crippen LogP contribution in [0.5, 0.6) is 5.75 Å². The molecule has 0 unspecified atom stereocenters. The third-order valence-corrected chi connectivity index (χ3v) is 5.00. The van der Waals surface area contributed by atoms with E-state index in [0.29, 0.717) is 29.9 Å². The van der Waals surface area contributed by atoms with Gasteiger partial charge >= 0.3 is 11.9 Å². The third-order valence-electron chi connectivity index (χ3n) is 5.00. The van der Waals surface area contributed by atoms with E-state index in [-0.39, 0.29) is 30.9 Å². The number of non-ortho nitro benzene ring substituents is 1. The number of Topliss-reactive ketones (excluding diaryl/α,β-unsaturated/α-hetero) is 1. The Bertz CT molecular complexity index is 1270. The molecule has 0 saturated heterocycles. The Morgan fingerprint density at radius 3 is 2.49 bits per heavy atom. The van der Waals surface area contributed by atoms with Crippen LogP contribution in [0.4, 0.5) is 5.69 Å². The number of nitro groups is 1. The number of benzene rings is 2. The zero-order valence-electron chi connectivity index (χ0n) is 20.0. The van der Waals surface area contributed by atoms with Gasteiger partial charge in [-0.25, -0.2) is 14.6 Å². The maximum atomic E-state index is 12.3. The van der Waals surface area contributed by atoms with Crippen molar-refractivity contribution in [1.29, 1.82) is 0 Å². The number of hydrogen-bond acceptors (Lipinski definition) is 9. The van der Waals surface area contributed by atoms with Crippen LogP contribution in [0.25, 0.3) is 6.08 Å². The molecule has 2 aromatic carbocycles. The average Bonchev–Trinajstić information content (AvgIpc) is 3.41. The van der Waals surface area contributed by atoms with Crippen LogP contribution in [0.2, 0.25) is 0 Å². The van der Waals surface area contributed by atoms with Crippen molar-refractivity contribution in [3.8, 4) is 5.75 Å². The molecule has 0 aliphatic heterocycles. The van der Waals surface area contributed by atoms with Gasteiger partial charge in [-0.3, -0.25) is 14.9 Å². The monoisotopic (exact) mass is 507 g/mol. The molecule has 0 fully saturated rings. The molecule has 0 spiro atoms. The molecule has 37 heavy (non-hydrogen) atoms. The Balaban J connectivity index is 1.41. The lowest BCUT2D eigenvalue weighted by Gasteiger charge is -2.08. The van der Waals surface area contributed by atoms with E-state index in [0.717, 1.165) is 5.82 Å². The molecule has 1 N–H and O–H groups in total. The highest BCUT2D eigenvalue weighted by molar-refractivity contribution is 6.19. The molecule has 0 saturated carbocycles. The number of hydrogen-bond donors (Lipinski definition) is 1. The van der Waals surface area contributed by atoms with Crippen LogP contribution in [-0.4, -0.2) is 52.4 Å². The fourth-order valence-corrected chi connectivity index (χ4v) is 3.14. The Hall–Kier alpha value is -4.80. The van der Waals surface area contributed by atoms with Gasteiger partial charge in [0.15, 0.2) is 5.78 Å². The number of nitro benzene ring substituents is 1. The van der Waals surface area contributed by atoms with Crippen molar-refractivity contribution < 1.29 is 33.5 Å². The van der Waals surface area contributed by atoms with Gasteiger partial charge in [0.25, 0.3) is 5.69 Å². The number of nitrogens with one attached hydrogen (secondary N) is 1. The largest absolute Gasteiger partial charge is 0.493 e. The number of nitrogens with zero attached hydrogens (tertiary/aromatic N) is 2. The number of aromatic amines is 1. The quantitative estimate of drug-likeness (QED) is 0.0694. The van der Waals surface area contributed by atoms with E-state index in [9.17, 15) is 24.5 Å². The lowest BCUT2D eigenvalue weighted by molar-refractivity contribution is -0.384. The molecule has 0 aliphatic carbocycles. The highest BCUT2D eigenvalue weighted by Gasteiger charge is 2.17. The summed E-state index contributed by atoms with van der Waals surface area (Å²) in [5.74, 6) is -0.524. The summed E-state index contributed by atoms with van der Waals surface area (Å²) in [6.07, 6.45) is 5.49. The fraction of sp³-hybridized carbons (Fsp3) is 0.231. The number of H-pyrrole nitrogens is 1. The highest BCUT2D eigenvalue weighted by atomic mass is 16.6. The first kappa shape index (κ1) is 26.8. The molecular weight excluding hydrogens is 482 g/mol. The summed E-state index contributed by atoms with van der Waals surface area (Å²) in [7, 11) is 0. The van der Waals surface area contributed by atoms with Gasteiger partial charge in [0.2, 0.25) is 0 Å². The molecule has 0 radical (unpaired) electrons. The lowest BCUT2D eigenvalue weighted by Crippen LogP contribution is -2.16. The number of ketones is 1. The van der Waals surface area contributed by atoms with Crippen molar-refractivity contribution >= 4 is 29.5 Å². The minimum atomic E-state index is -0.868. The second kappa shape index (κ2) is 13.3. The molecule has 1 heterocycles. The van der Waals surface area contributed by atoms with Gasteiger partial charge in [-0.2, -0.15) is 0 Å². The first-order valence-electron chi connectivity index (χ1n) is 11.4. The molecule has 0 aliphatic rings. The van der Waals surface area contributed by atoms with Gasteiger partial charge in [-0.15, -0.1) is 0 Å². The lowest BCUT2D eigenvalue weighted by atomic mass is 10.1. The van der Waals surface area contributed by atoms with Gasteiger partial charge < -0.3 is 19.2 Å². The maximum absolute atomic E-state index is 12.3. The molecule has 0 bridgehead atoms. The summed E-state index contributed by atoms with van der Waals surface area (Å²) in [5, 5.41) is 10.9. The number of carbonyl (C=O) groups excluding carboxylic acids is 3. The Kier molecular flexibility index (Phi) is 9.66. The zero-order valence-corrected chi connectivity index (χ0v) is 20.0. The van der Waals surface area contributed by atoms with E-state index in [1.54, 1.807) is 36.7 Å². The molecule has 0 amide bonds. The Morgan fingerprint density at radius 2 is 1.81 bits per heavy atom. The molecule has 1 aromatic heterocycles. The van der Waals surface area contributed by atoms with Gasteiger partial charge in [-0.1, -0.05) is 12.1 Å². The van der Waals surface area contributed by atoms with Crippen molar-refractivity contribution in [2.45, 2.75) is 19.8 Å². The second-order valence-electron chi connectivity index (χ2n) is 7.75. The highest BCUT2D eigenvalue weighted by Crippen LogP contribution is 2.17. The second-order valence-corrected chi connectivity index (χ2v) is 7.75. The van der Waals surface area contributed by atoms with Crippen molar-refractivity contribution in [2.75, 3.05) is 19.8 Å². The van der Waals surface area contributed by atoms with Gasteiger partial charge in [-0.05, 0) is 42.8 Å². The van der Waals surface area contributed by atoms with Crippen LogP contribution in [0, 0.1) is 10.1 Å². The average molecular weight is 507 g/mol. The number of carbonyl (C=O) groups is 3. The molecule has 11 heteroatoms. The number of ether oxygens (including phenoxy) is 3. The smallest absolute Gasteiger partial charge is 0.341 e. The van der Waals surface area contributed by atoms with Gasteiger partial charge in [0.1, 0.15) is 17.1 Å². The van der Waals surface area contributed by atoms with Crippen LogP contribution < -0.4 is 4.74 Å². The molecule has 192 valence electrons.